The predicted molar refractivity (Wildman–Crippen MR) is 56.7 cm³/mol. The molecule has 78 valence electrons. The molecule has 1 aliphatic carbocycles. The first-order valence-corrected chi connectivity index (χ1v) is 5.92. The molecule has 0 saturated heterocycles. The minimum atomic E-state index is -0.293. The summed E-state index contributed by atoms with van der Waals surface area (Å²) in [5.74, 6) is 0.905. The number of hydrogen-bond acceptors (Lipinski definition) is 1. The van der Waals surface area contributed by atoms with Gasteiger partial charge in [-0.2, -0.15) is 0 Å². The van der Waals surface area contributed by atoms with E-state index in [0.717, 1.165) is 31.6 Å². The molecule has 0 atom stereocenters. The van der Waals surface area contributed by atoms with Crippen molar-refractivity contribution >= 4 is 0 Å². The Morgan fingerprint density at radius 3 is 2.23 bits per heavy atom. The molecule has 0 spiro atoms. The third-order valence-electron chi connectivity index (χ3n) is 3.45. The summed E-state index contributed by atoms with van der Waals surface area (Å²) in [6, 6.07) is 0. The topological polar surface area (TPSA) is 20.2 Å². The predicted octanol–water partition coefficient (Wildman–Crippen LogP) is 3.51. The Morgan fingerprint density at radius 2 is 1.77 bits per heavy atom. The Labute approximate surface area is 82.5 Å². The van der Waals surface area contributed by atoms with Gasteiger partial charge in [-0.3, -0.25) is 0 Å². The lowest BCUT2D eigenvalue weighted by Gasteiger charge is -2.36. The van der Waals surface area contributed by atoms with E-state index in [9.17, 15) is 5.11 Å². The smallest absolute Gasteiger partial charge is 0.0648 e. The molecule has 0 bridgehead atoms. The van der Waals surface area contributed by atoms with Crippen LogP contribution in [0.15, 0.2) is 0 Å². The van der Waals surface area contributed by atoms with Crippen LogP contribution in [0.3, 0.4) is 0 Å². The first-order valence-electron chi connectivity index (χ1n) is 5.92. The monoisotopic (exact) mass is 184 g/mol. The van der Waals surface area contributed by atoms with Crippen LogP contribution in [0.5, 0.6) is 0 Å². The van der Waals surface area contributed by atoms with Crippen molar-refractivity contribution in [2.45, 2.75) is 70.8 Å². The lowest BCUT2D eigenvalue weighted by molar-refractivity contribution is -0.0180. The van der Waals surface area contributed by atoms with Gasteiger partial charge in [-0.1, -0.05) is 33.1 Å². The fraction of sp³-hybridized carbons (Fsp3) is 1.00. The van der Waals surface area contributed by atoms with Crippen molar-refractivity contribution in [3.63, 3.8) is 0 Å². The molecule has 0 heterocycles. The lowest BCUT2D eigenvalue weighted by Crippen LogP contribution is -2.33. The maximum absolute atomic E-state index is 10.2. The molecule has 0 radical (unpaired) electrons. The van der Waals surface area contributed by atoms with E-state index < -0.39 is 0 Å². The van der Waals surface area contributed by atoms with Gasteiger partial charge in [-0.25, -0.2) is 0 Å². The van der Waals surface area contributed by atoms with Crippen LogP contribution in [0.25, 0.3) is 0 Å². The third kappa shape index (κ3) is 3.30. The van der Waals surface area contributed by atoms with E-state index in [2.05, 4.69) is 13.8 Å². The summed E-state index contributed by atoms with van der Waals surface area (Å²) in [7, 11) is 0. The van der Waals surface area contributed by atoms with Crippen LogP contribution >= 0.6 is 0 Å². The van der Waals surface area contributed by atoms with Crippen LogP contribution in [0.4, 0.5) is 0 Å². The van der Waals surface area contributed by atoms with Gasteiger partial charge in [0.25, 0.3) is 0 Å². The standard InChI is InChI=1S/C12H24O/c1-3-5-11-6-9-12(13,8-4-2)10-7-11/h11,13H,3-10H2,1-2H3. The van der Waals surface area contributed by atoms with E-state index in [-0.39, 0.29) is 5.60 Å². The average Bonchev–Trinajstić information content (AvgIpc) is 2.10. The van der Waals surface area contributed by atoms with E-state index in [1.165, 1.54) is 25.7 Å². The van der Waals surface area contributed by atoms with Gasteiger partial charge in [0.1, 0.15) is 0 Å². The lowest BCUT2D eigenvalue weighted by atomic mass is 9.75. The van der Waals surface area contributed by atoms with E-state index >= 15 is 0 Å². The van der Waals surface area contributed by atoms with Crippen LogP contribution < -0.4 is 0 Å². The Balaban J connectivity index is 2.28. The fourth-order valence-corrected chi connectivity index (χ4v) is 2.63. The highest BCUT2D eigenvalue weighted by atomic mass is 16.3. The molecule has 1 fully saturated rings. The molecular weight excluding hydrogens is 160 g/mol. The highest BCUT2D eigenvalue weighted by Crippen LogP contribution is 2.36. The zero-order chi connectivity index (χ0) is 9.73. The number of hydrogen-bond donors (Lipinski definition) is 1. The molecule has 0 aliphatic heterocycles. The van der Waals surface area contributed by atoms with E-state index in [4.69, 9.17) is 0 Å². The number of rotatable bonds is 4. The maximum atomic E-state index is 10.2. The highest BCUT2D eigenvalue weighted by molar-refractivity contribution is 4.84. The van der Waals surface area contributed by atoms with Crippen LogP contribution in [0, 0.1) is 5.92 Å². The Kier molecular flexibility index (Phi) is 4.24. The van der Waals surface area contributed by atoms with Crippen molar-refractivity contribution in [1.82, 2.24) is 0 Å². The average molecular weight is 184 g/mol. The Morgan fingerprint density at radius 1 is 1.15 bits per heavy atom. The molecule has 1 heteroatoms. The molecule has 1 nitrogen and oxygen atoms in total. The first-order chi connectivity index (χ1) is 6.20. The molecule has 0 aromatic heterocycles. The number of aliphatic hydroxyl groups is 1. The van der Waals surface area contributed by atoms with Crippen molar-refractivity contribution in [1.29, 1.82) is 0 Å². The van der Waals surface area contributed by atoms with Gasteiger partial charge in [0, 0.05) is 0 Å². The molecule has 1 rings (SSSR count). The fourth-order valence-electron chi connectivity index (χ4n) is 2.63. The molecular formula is C12H24O. The molecule has 0 aromatic carbocycles. The van der Waals surface area contributed by atoms with Crippen molar-refractivity contribution in [2.24, 2.45) is 5.92 Å². The minimum Gasteiger partial charge on any atom is -0.390 e. The van der Waals surface area contributed by atoms with Gasteiger partial charge < -0.3 is 5.11 Å². The maximum Gasteiger partial charge on any atom is 0.0648 e. The van der Waals surface area contributed by atoms with Crippen molar-refractivity contribution in [3.8, 4) is 0 Å². The summed E-state index contributed by atoms with van der Waals surface area (Å²) >= 11 is 0. The third-order valence-corrected chi connectivity index (χ3v) is 3.45. The van der Waals surface area contributed by atoms with Gasteiger partial charge in [0.05, 0.1) is 5.60 Å². The Hall–Kier alpha value is -0.0400. The van der Waals surface area contributed by atoms with E-state index in [0.29, 0.717) is 0 Å². The first kappa shape index (κ1) is 11.0. The highest BCUT2D eigenvalue weighted by Gasteiger charge is 2.31. The summed E-state index contributed by atoms with van der Waals surface area (Å²) in [6.45, 7) is 4.42. The molecule has 0 unspecified atom stereocenters. The summed E-state index contributed by atoms with van der Waals surface area (Å²) in [6.07, 6.45) is 9.39. The second-order valence-electron chi connectivity index (χ2n) is 4.71. The molecule has 0 amide bonds. The summed E-state index contributed by atoms with van der Waals surface area (Å²) < 4.78 is 0. The SMILES string of the molecule is CCCC1CCC(O)(CCC)CC1. The van der Waals surface area contributed by atoms with Crippen molar-refractivity contribution < 1.29 is 5.11 Å². The van der Waals surface area contributed by atoms with Crippen LogP contribution in [0.2, 0.25) is 0 Å². The van der Waals surface area contributed by atoms with Gasteiger partial charge in [-0.05, 0) is 38.0 Å². The molecule has 1 N–H and O–H groups in total. The second kappa shape index (κ2) is 4.99. The van der Waals surface area contributed by atoms with Crippen molar-refractivity contribution in [3.05, 3.63) is 0 Å². The van der Waals surface area contributed by atoms with Crippen LogP contribution in [-0.2, 0) is 0 Å². The molecule has 1 saturated carbocycles. The molecule has 13 heavy (non-hydrogen) atoms. The summed E-state index contributed by atoms with van der Waals surface area (Å²) in [5, 5.41) is 10.2. The summed E-state index contributed by atoms with van der Waals surface area (Å²) in [4.78, 5) is 0. The normalized spacial score (nSPS) is 34.8. The van der Waals surface area contributed by atoms with Gasteiger partial charge in [0.2, 0.25) is 0 Å². The molecule has 0 aromatic rings. The van der Waals surface area contributed by atoms with Gasteiger partial charge in [-0.15, -0.1) is 0 Å². The minimum absolute atomic E-state index is 0.293. The summed E-state index contributed by atoms with van der Waals surface area (Å²) in [5.41, 5.74) is -0.293. The molecule has 1 aliphatic rings. The second-order valence-corrected chi connectivity index (χ2v) is 4.71. The van der Waals surface area contributed by atoms with Crippen LogP contribution in [0.1, 0.15) is 65.2 Å². The zero-order valence-electron chi connectivity index (χ0n) is 9.18. The van der Waals surface area contributed by atoms with Gasteiger partial charge in [0.15, 0.2) is 0 Å². The van der Waals surface area contributed by atoms with E-state index in [1.807, 2.05) is 0 Å². The zero-order valence-corrected chi connectivity index (χ0v) is 9.18. The Bertz CT molecular complexity index is 134. The van der Waals surface area contributed by atoms with Gasteiger partial charge >= 0.3 is 0 Å². The largest absolute Gasteiger partial charge is 0.390 e. The van der Waals surface area contributed by atoms with Crippen molar-refractivity contribution in [2.75, 3.05) is 0 Å². The quantitative estimate of drug-likeness (QED) is 0.709. The van der Waals surface area contributed by atoms with Crippen LogP contribution in [-0.4, -0.2) is 10.7 Å². The van der Waals surface area contributed by atoms with E-state index in [1.54, 1.807) is 0 Å².